The van der Waals surface area contributed by atoms with Gasteiger partial charge in [0, 0.05) is 16.6 Å². The second-order valence-corrected chi connectivity index (χ2v) is 7.37. The van der Waals surface area contributed by atoms with Crippen LogP contribution in [0.25, 0.3) is 33.5 Å². The number of hydrogen-bond donors (Lipinski definition) is 2. The first-order chi connectivity index (χ1) is 15.6. The van der Waals surface area contributed by atoms with Crippen molar-refractivity contribution in [3.63, 3.8) is 0 Å². The zero-order valence-electron chi connectivity index (χ0n) is 16.5. The number of nitrogens with one attached hydrogen (secondary N) is 2. The summed E-state index contributed by atoms with van der Waals surface area (Å²) in [6, 6.07) is 23.2. The number of carbonyl (C=O) groups is 1. The van der Waals surface area contributed by atoms with Crippen LogP contribution in [0.3, 0.4) is 0 Å². The lowest BCUT2D eigenvalue weighted by molar-refractivity contribution is 0.0974. The first-order valence-corrected chi connectivity index (χ1v) is 10.1. The van der Waals surface area contributed by atoms with Crippen molar-refractivity contribution in [3.8, 4) is 11.5 Å². The third-order valence-corrected chi connectivity index (χ3v) is 4.98. The Morgan fingerprint density at radius 2 is 1.66 bits per heavy atom. The van der Waals surface area contributed by atoms with Gasteiger partial charge in [0.15, 0.2) is 10.7 Å². The maximum Gasteiger partial charge on any atom is 0.349 e. The van der Waals surface area contributed by atoms with Gasteiger partial charge in [-0.15, -0.1) is 0 Å². The van der Waals surface area contributed by atoms with Crippen molar-refractivity contribution in [1.82, 2.24) is 10.3 Å². The molecular weight excluding hydrogens is 426 g/mol. The summed E-state index contributed by atoms with van der Waals surface area (Å²) >= 11 is 5.25. The molecule has 0 aliphatic carbocycles. The van der Waals surface area contributed by atoms with E-state index in [1.54, 1.807) is 36.4 Å². The summed E-state index contributed by atoms with van der Waals surface area (Å²) in [4.78, 5) is 29.2. The number of benzene rings is 3. The minimum Gasteiger partial charge on any atom is -0.436 e. The molecule has 3 aromatic carbocycles. The fourth-order valence-corrected chi connectivity index (χ4v) is 3.49. The molecule has 2 heterocycles. The molecule has 1 amide bonds. The molecule has 5 aromatic rings. The first kappa shape index (κ1) is 19.7. The smallest absolute Gasteiger partial charge is 0.349 e. The fourth-order valence-electron chi connectivity index (χ4n) is 3.28. The Morgan fingerprint density at radius 3 is 2.50 bits per heavy atom. The van der Waals surface area contributed by atoms with E-state index in [1.807, 2.05) is 36.4 Å². The summed E-state index contributed by atoms with van der Waals surface area (Å²) in [6.45, 7) is 0. The molecular formula is C24H15N3O4S. The highest BCUT2D eigenvalue weighted by Crippen LogP contribution is 2.26. The van der Waals surface area contributed by atoms with Crippen LogP contribution in [-0.2, 0) is 0 Å². The van der Waals surface area contributed by atoms with Crippen LogP contribution in [-0.4, -0.2) is 16.0 Å². The number of thiocarbonyl (C=S) groups is 1. The third-order valence-electron chi connectivity index (χ3n) is 4.77. The van der Waals surface area contributed by atoms with Gasteiger partial charge in [-0.2, -0.15) is 0 Å². The van der Waals surface area contributed by atoms with Gasteiger partial charge in [-0.05, 0) is 54.7 Å². The van der Waals surface area contributed by atoms with Crippen molar-refractivity contribution in [1.29, 1.82) is 0 Å². The van der Waals surface area contributed by atoms with E-state index in [9.17, 15) is 9.59 Å². The molecule has 0 unspecified atom stereocenters. The number of oxazole rings is 1. The Balaban J connectivity index is 1.33. The van der Waals surface area contributed by atoms with Gasteiger partial charge >= 0.3 is 5.63 Å². The Hall–Kier alpha value is -4.30. The Morgan fingerprint density at radius 1 is 0.875 bits per heavy atom. The van der Waals surface area contributed by atoms with E-state index < -0.39 is 11.5 Å². The molecule has 0 saturated heterocycles. The van der Waals surface area contributed by atoms with Gasteiger partial charge < -0.3 is 14.2 Å². The number of para-hydroxylation sites is 3. The number of nitrogens with zero attached hydrogens (tertiary/aromatic N) is 1. The zero-order valence-corrected chi connectivity index (χ0v) is 17.3. The number of hydrogen-bond acceptors (Lipinski definition) is 6. The van der Waals surface area contributed by atoms with E-state index >= 15 is 0 Å². The van der Waals surface area contributed by atoms with Gasteiger partial charge in [-0.3, -0.25) is 10.1 Å². The lowest BCUT2D eigenvalue weighted by Gasteiger charge is -2.10. The van der Waals surface area contributed by atoms with Crippen molar-refractivity contribution >= 4 is 51.0 Å². The first-order valence-electron chi connectivity index (χ1n) is 9.68. The molecule has 0 aliphatic heterocycles. The minimum absolute atomic E-state index is 0.0391. The van der Waals surface area contributed by atoms with Crippen LogP contribution in [0, 0.1) is 0 Å². The number of anilines is 1. The Kier molecular flexibility index (Phi) is 4.97. The highest BCUT2D eigenvalue weighted by molar-refractivity contribution is 7.80. The SMILES string of the molecule is O=C(NC(=S)Nc1cccc(-c2nc3ccccc3o2)c1)c1cc2ccccc2oc1=O. The van der Waals surface area contributed by atoms with Crippen LogP contribution in [0.4, 0.5) is 5.69 Å². The van der Waals surface area contributed by atoms with Crippen molar-refractivity contribution in [2.45, 2.75) is 0 Å². The molecule has 32 heavy (non-hydrogen) atoms. The third kappa shape index (κ3) is 3.86. The molecule has 0 bridgehead atoms. The van der Waals surface area contributed by atoms with E-state index in [1.165, 1.54) is 6.07 Å². The molecule has 0 fully saturated rings. The second-order valence-electron chi connectivity index (χ2n) is 6.96. The summed E-state index contributed by atoms with van der Waals surface area (Å²) in [5.74, 6) is -0.185. The van der Waals surface area contributed by atoms with Crippen molar-refractivity contribution in [2.24, 2.45) is 0 Å². The quantitative estimate of drug-likeness (QED) is 0.309. The molecule has 0 spiro atoms. The van der Waals surface area contributed by atoms with E-state index in [2.05, 4.69) is 15.6 Å². The zero-order chi connectivity index (χ0) is 22.1. The van der Waals surface area contributed by atoms with Crippen LogP contribution < -0.4 is 16.3 Å². The van der Waals surface area contributed by atoms with Crippen LogP contribution in [0.2, 0.25) is 0 Å². The van der Waals surface area contributed by atoms with Gasteiger partial charge in [0.25, 0.3) is 5.91 Å². The van der Waals surface area contributed by atoms with Gasteiger partial charge in [0.2, 0.25) is 5.89 Å². The molecule has 156 valence electrons. The van der Waals surface area contributed by atoms with Gasteiger partial charge in [-0.25, -0.2) is 9.78 Å². The fraction of sp³-hybridized carbons (Fsp3) is 0. The standard InChI is InChI=1S/C24H15N3O4S/c28-21(17-13-14-6-1-3-10-19(14)31-23(17)29)27-24(32)25-16-8-5-7-15(12-16)22-26-18-9-2-4-11-20(18)30-22/h1-13H,(H2,25,27,28,32). The highest BCUT2D eigenvalue weighted by Gasteiger charge is 2.15. The van der Waals surface area contributed by atoms with E-state index in [0.717, 1.165) is 11.1 Å². The maximum absolute atomic E-state index is 12.6. The monoisotopic (exact) mass is 441 g/mol. The van der Waals surface area contributed by atoms with E-state index in [4.69, 9.17) is 21.1 Å². The number of fused-ring (bicyclic) bond motifs is 2. The normalized spacial score (nSPS) is 10.9. The minimum atomic E-state index is -0.734. The number of rotatable bonds is 3. The van der Waals surface area contributed by atoms with Crippen molar-refractivity contribution < 1.29 is 13.6 Å². The predicted molar refractivity (Wildman–Crippen MR) is 126 cm³/mol. The van der Waals surface area contributed by atoms with Crippen LogP contribution in [0.5, 0.6) is 0 Å². The molecule has 2 aromatic heterocycles. The van der Waals surface area contributed by atoms with Crippen LogP contribution >= 0.6 is 12.2 Å². The summed E-state index contributed by atoms with van der Waals surface area (Å²) < 4.78 is 11.0. The molecule has 2 N–H and O–H groups in total. The summed E-state index contributed by atoms with van der Waals surface area (Å²) in [5, 5.41) is 6.13. The Bertz CT molecular complexity index is 1520. The largest absolute Gasteiger partial charge is 0.436 e. The molecule has 7 nitrogen and oxygen atoms in total. The predicted octanol–water partition coefficient (Wildman–Crippen LogP) is 4.73. The molecule has 5 rings (SSSR count). The lowest BCUT2D eigenvalue weighted by atomic mass is 10.2. The van der Waals surface area contributed by atoms with Crippen LogP contribution in [0.1, 0.15) is 10.4 Å². The number of aromatic nitrogens is 1. The second kappa shape index (κ2) is 8.09. The average Bonchev–Trinajstić information content (AvgIpc) is 3.23. The van der Waals surface area contributed by atoms with E-state index in [0.29, 0.717) is 28.1 Å². The number of amides is 1. The van der Waals surface area contributed by atoms with Crippen molar-refractivity contribution in [3.05, 3.63) is 94.8 Å². The molecule has 0 atom stereocenters. The Labute approximate surface area is 186 Å². The molecule has 8 heteroatoms. The average molecular weight is 441 g/mol. The topological polar surface area (TPSA) is 97.4 Å². The van der Waals surface area contributed by atoms with Gasteiger partial charge in [-0.1, -0.05) is 36.4 Å². The summed E-state index contributed by atoms with van der Waals surface area (Å²) in [5.41, 5.74) is 2.37. The lowest BCUT2D eigenvalue weighted by Crippen LogP contribution is -2.36. The maximum atomic E-state index is 12.6. The van der Waals surface area contributed by atoms with E-state index in [-0.39, 0.29) is 10.7 Å². The number of carbonyl (C=O) groups excluding carboxylic acids is 1. The molecule has 0 saturated carbocycles. The summed E-state index contributed by atoms with van der Waals surface area (Å²) in [7, 11) is 0. The highest BCUT2D eigenvalue weighted by atomic mass is 32.1. The molecule has 0 radical (unpaired) electrons. The van der Waals surface area contributed by atoms with Crippen LogP contribution in [0.15, 0.2) is 92.5 Å². The molecule has 0 aliphatic rings. The van der Waals surface area contributed by atoms with Crippen molar-refractivity contribution in [2.75, 3.05) is 5.32 Å². The van der Waals surface area contributed by atoms with Gasteiger partial charge in [0.1, 0.15) is 16.7 Å². The summed E-state index contributed by atoms with van der Waals surface area (Å²) in [6.07, 6.45) is 0. The van der Waals surface area contributed by atoms with Gasteiger partial charge in [0.05, 0.1) is 0 Å².